The topological polar surface area (TPSA) is 50.7 Å². The van der Waals surface area contributed by atoms with Gasteiger partial charge in [0.15, 0.2) is 0 Å². The van der Waals surface area contributed by atoms with Crippen LogP contribution in [0.3, 0.4) is 0 Å². The lowest BCUT2D eigenvalue weighted by Gasteiger charge is -2.12. The SMILES string of the molecule is Cc1nsc(N[C@H](C)c2ncccc2F)n1. The lowest BCUT2D eigenvalue weighted by molar-refractivity contribution is 0.587. The quantitative estimate of drug-likeness (QED) is 0.892. The Morgan fingerprint density at radius 1 is 1.50 bits per heavy atom. The van der Waals surface area contributed by atoms with Gasteiger partial charge in [0.2, 0.25) is 5.13 Å². The van der Waals surface area contributed by atoms with E-state index in [4.69, 9.17) is 0 Å². The van der Waals surface area contributed by atoms with Crippen molar-refractivity contribution in [1.29, 1.82) is 0 Å². The van der Waals surface area contributed by atoms with E-state index in [2.05, 4.69) is 19.7 Å². The van der Waals surface area contributed by atoms with Crippen LogP contribution in [0.1, 0.15) is 24.5 Å². The van der Waals surface area contributed by atoms with E-state index >= 15 is 0 Å². The summed E-state index contributed by atoms with van der Waals surface area (Å²) >= 11 is 1.26. The van der Waals surface area contributed by atoms with Gasteiger partial charge in [-0.15, -0.1) is 0 Å². The molecule has 0 saturated heterocycles. The van der Waals surface area contributed by atoms with Gasteiger partial charge in [-0.05, 0) is 26.0 Å². The molecule has 0 bridgehead atoms. The lowest BCUT2D eigenvalue weighted by atomic mass is 10.2. The summed E-state index contributed by atoms with van der Waals surface area (Å²) in [7, 11) is 0. The Morgan fingerprint density at radius 2 is 2.31 bits per heavy atom. The van der Waals surface area contributed by atoms with Crippen molar-refractivity contribution in [3.8, 4) is 0 Å². The average Bonchev–Trinajstić information content (AvgIpc) is 2.64. The van der Waals surface area contributed by atoms with E-state index in [1.807, 2.05) is 13.8 Å². The van der Waals surface area contributed by atoms with E-state index in [9.17, 15) is 4.39 Å². The minimum absolute atomic E-state index is 0.228. The van der Waals surface area contributed by atoms with Gasteiger partial charge in [0.25, 0.3) is 0 Å². The molecule has 0 radical (unpaired) electrons. The first-order chi connectivity index (χ1) is 7.66. The Balaban J connectivity index is 2.14. The van der Waals surface area contributed by atoms with E-state index in [0.29, 0.717) is 16.6 Å². The van der Waals surface area contributed by atoms with E-state index in [1.54, 1.807) is 12.3 Å². The number of rotatable bonds is 3. The molecule has 0 saturated carbocycles. The molecule has 4 nitrogen and oxygen atoms in total. The van der Waals surface area contributed by atoms with Gasteiger partial charge in [0.05, 0.1) is 11.7 Å². The second-order valence-corrected chi connectivity index (χ2v) is 4.14. The lowest BCUT2D eigenvalue weighted by Crippen LogP contribution is -2.10. The fraction of sp³-hybridized carbons (Fsp3) is 0.300. The second-order valence-electron chi connectivity index (χ2n) is 3.38. The zero-order valence-electron chi connectivity index (χ0n) is 8.94. The summed E-state index contributed by atoms with van der Waals surface area (Å²) in [6.45, 7) is 3.65. The van der Waals surface area contributed by atoms with Crippen LogP contribution in [0.15, 0.2) is 18.3 Å². The zero-order chi connectivity index (χ0) is 11.5. The molecule has 0 aliphatic rings. The summed E-state index contributed by atoms with van der Waals surface area (Å²) in [5, 5.41) is 3.74. The number of nitrogens with zero attached hydrogens (tertiary/aromatic N) is 3. The molecule has 0 aliphatic heterocycles. The minimum Gasteiger partial charge on any atom is -0.352 e. The standard InChI is InChI=1S/C10H11FN4S/c1-6(9-8(11)4-3-5-12-9)13-10-14-7(2)15-16-10/h3-6H,1-2H3,(H,13,14,15)/t6-/m1/s1. The van der Waals surface area contributed by atoms with Gasteiger partial charge in [-0.1, -0.05) is 0 Å². The summed E-state index contributed by atoms with van der Waals surface area (Å²) in [6.07, 6.45) is 1.57. The third-order valence-corrected chi connectivity index (χ3v) is 2.80. The third-order valence-electron chi connectivity index (χ3n) is 2.06. The van der Waals surface area contributed by atoms with Crippen molar-refractivity contribution in [2.24, 2.45) is 0 Å². The molecular formula is C10H11FN4S. The fourth-order valence-corrected chi connectivity index (χ4v) is 1.99. The van der Waals surface area contributed by atoms with Gasteiger partial charge in [0.1, 0.15) is 11.6 Å². The highest BCUT2D eigenvalue weighted by molar-refractivity contribution is 7.09. The van der Waals surface area contributed by atoms with Crippen molar-refractivity contribution >= 4 is 16.7 Å². The summed E-state index contributed by atoms with van der Waals surface area (Å²) in [5.74, 6) is 0.393. The maximum absolute atomic E-state index is 13.4. The van der Waals surface area contributed by atoms with Crippen LogP contribution in [-0.4, -0.2) is 14.3 Å². The first-order valence-electron chi connectivity index (χ1n) is 4.84. The molecule has 0 spiro atoms. The number of nitrogens with one attached hydrogen (secondary N) is 1. The highest BCUT2D eigenvalue weighted by atomic mass is 32.1. The second kappa shape index (κ2) is 4.52. The molecule has 6 heteroatoms. The van der Waals surface area contributed by atoms with Crippen LogP contribution in [0.2, 0.25) is 0 Å². The molecule has 0 amide bonds. The number of anilines is 1. The molecule has 0 aliphatic carbocycles. The number of aromatic nitrogens is 3. The van der Waals surface area contributed by atoms with Crippen molar-refractivity contribution in [2.45, 2.75) is 19.9 Å². The Bertz CT molecular complexity index is 485. The molecule has 0 unspecified atom stereocenters. The third kappa shape index (κ3) is 2.33. The molecule has 16 heavy (non-hydrogen) atoms. The number of halogens is 1. The van der Waals surface area contributed by atoms with Gasteiger partial charge in [-0.2, -0.15) is 4.37 Å². The predicted octanol–water partition coefficient (Wildman–Crippen LogP) is 2.55. The van der Waals surface area contributed by atoms with E-state index in [-0.39, 0.29) is 11.9 Å². The summed E-state index contributed by atoms with van der Waals surface area (Å²) in [4.78, 5) is 8.15. The Morgan fingerprint density at radius 3 is 2.94 bits per heavy atom. The van der Waals surface area contributed by atoms with Crippen LogP contribution >= 0.6 is 11.5 Å². The molecule has 1 atom stereocenters. The molecule has 0 aromatic carbocycles. The number of pyridine rings is 1. The smallest absolute Gasteiger partial charge is 0.203 e. The zero-order valence-corrected chi connectivity index (χ0v) is 9.75. The molecular weight excluding hydrogens is 227 g/mol. The molecule has 0 fully saturated rings. The van der Waals surface area contributed by atoms with Crippen LogP contribution < -0.4 is 5.32 Å². The molecule has 2 aromatic heterocycles. The Kier molecular flexibility index (Phi) is 3.09. The monoisotopic (exact) mass is 238 g/mol. The van der Waals surface area contributed by atoms with Crippen LogP contribution in [-0.2, 0) is 0 Å². The van der Waals surface area contributed by atoms with Crippen molar-refractivity contribution in [3.63, 3.8) is 0 Å². The summed E-state index contributed by atoms with van der Waals surface area (Å²) in [5.41, 5.74) is 0.385. The van der Waals surface area contributed by atoms with Crippen molar-refractivity contribution in [1.82, 2.24) is 14.3 Å². The minimum atomic E-state index is -0.316. The van der Waals surface area contributed by atoms with Gasteiger partial charge in [-0.3, -0.25) is 4.98 Å². The van der Waals surface area contributed by atoms with Gasteiger partial charge in [0, 0.05) is 17.7 Å². The van der Waals surface area contributed by atoms with Crippen LogP contribution in [0, 0.1) is 12.7 Å². The molecule has 1 N–H and O–H groups in total. The number of hydrogen-bond acceptors (Lipinski definition) is 5. The van der Waals surface area contributed by atoms with Crippen molar-refractivity contribution in [3.05, 3.63) is 35.7 Å². The van der Waals surface area contributed by atoms with E-state index in [0.717, 1.165) is 0 Å². The maximum atomic E-state index is 13.4. The van der Waals surface area contributed by atoms with Gasteiger partial charge in [-0.25, -0.2) is 9.37 Å². The van der Waals surface area contributed by atoms with Crippen molar-refractivity contribution < 1.29 is 4.39 Å². The number of aryl methyl sites for hydroxylation is 1. The van der Waals surface area contributed by atoms with E-state index in [1.165, 1.54) is 17.6 Å². The number of hydrogen-bond donors (Lipinski definition) is 1. The molecule has 2 aromatic rings. The average molecular weight is 238 g/mol. The molecule has 2 heterocycles. The summed E-state index contributed by atoms with van der Waals surface area (Å²) in [6, 6.07) is 2.74. The predicted molar refractivity (Wildman–Crippen MR) is 60.9 cm³/mol. The summed E-state index contributed by atoms with van der Waals surface area (Å²) < 4.78 is 17.5. The normalized spacial score (nSPS) is 12.4. The first kappa shape index (κ1) is 10.9. The largest absolute Gasteiger partial charge is 0.352 e. The Labute approximate surface area is 96.7 Å². The van der Waals surface area contributed by atoms with Crippen LogP contribution in [0.5, 0.6) is 0 Å². The highest BCUT2D eigenvalue weighted by Crippen LogP contribution is 2.20. The Hall–Kier alpha value is -1.56. The van der Waals surface area contributed by atoms with Crippen LogP contribution in [0.4, 0.5) is 9.52 Å². The fourth-order valence-electron chi connectivity index (χ4n) is 1.33. The van der Waals surface area contributed by atoms with Crippen LogP contribution in [0.25, 0.3) is 0 Å². The van der Waals surface area contributed by atoms with Gasteiger partial charge < -0.3 is 5.32 Å². The molecule has 2 rings (SSSR count). The maximum Gasteiger partial charge on any atom is 0.203 e. The van der Waals surface area contributed by atoms with E-state index < -0.39 is 0 Å². The first-order valence-corrected chi connectivity index (χ1v) is 5.61. The highest BCUT2D eigenvalue weighted by Gasteiger charge is 2.13. The molecule has 84 valence electrons. The van der Waals surface area contributed by atoms with Gasteiger partial charge >= 0.3 is 0 Å². The van der Waals surface area contributed by atoms with Crippen molar-refractivity contribution in [2.75, 3.05) is 5.32 Å².